The predicted molar refractivity (Wildman–Crippen MR) is 129 cm³/mol. The molecule has 0 atom stereocenters. The Bertz CT molecular complexity index is 1140. The molecule has 1 saturated heterocycles. The molecule has 33 heavy (non-hydrogen) atoms. The topological polar surface area (TPSA) is 105 Å². The van der Waals surface area contributed by atoms with E-state index in [0.717, 1.165) is 28.9 Å². The molecule has 4 rings (SSSR count). The molecule has 0 amide bonds. The summed E-state index contributed by atoms with van der Waals surface area (Å²) in [6, 6.07) is 15.3. The fraction of sp³-hybridized carbons (Fsp3) is 0.375. The second-order valence-corrected chi connectivity index (χ2v) is 10.5. The molecule has 3 aromatic rings. The van der Waals surface area contributed by atoms with Crippen LogP contribution in [0.5, 0.6) is 0 Å². The van der Waals surface area contributed by atoms with Gasteiger partial charge in [0, 0.05) is 49.4 Å². The van der Waals surface area contributed by atoms with Crippen molar-refractivity contribution in [1.82, 2.24) is 15.0 Å². The van der Waals surface area contributed by atoms with Crippen molar-refractivity contribution >= 4 is 21.8 Å². The third-order valence-electron chi connectivity index (χ3n) is 5.31. The highest BCUT2D eigenvalue weighted by Crippen LogP contribution is 2.21. The lowest BCUT2D eigenvalue weighted by atomic mass is 10.1. The first kappa shape index (κ1) is 24.6. The van der Waals surface area contributed by atoms with Crippen LogP contribution in [0.2, 0.25) is 0 Å². The second kappa shape index (κ2) is 11.2. The second-order valence-electron chi connectivity index (χ2n) is 8.23. The van der Waals surface area contributed by atoms with E-state index < -0.39 is 9.84 Å². The average molecular weight is 471 g/mol. The monoisotopic (exact) mass is 470 g/mol. The molecule has 0 saturated carbocycles. The summed E-state index contributed by atoms with van der Waals surface area (Å²) in [7, 11) is -0.931. The van der Waals surface area contributed by atoms with Crippen molar-refractivity contribution in [2.24, 2.45) is 0 Å². The molecule has 1 N–H and O–H groups in total. The van der Waals surface area contributed by atoms with E-state index in [2.05, 4.69) is 20.4 Å². The molecule has 0 unspecified atom stereocenters. The first-order valence-electron chi connectivity index (χ1n) is 10.9. The summed E-state index contributed by atoms with van der Waals surface area (Å²) in [6.45, 7) is 5.94. The molecule has 1 fully saturated rings. The minimum Gasteiger partial charge on any atom is -0.388 e. The van der Waals surface area contributed by atoms with Gasteiger partial charge in [-0.2, -0.15) is 4.98 Å². The average Bonchev–Trinajstić information content (AvgIpc) is 3.32. The highest BCUT2D eigenvalue weighted by atomic mass is 32.2. The van der Waals surface area contributed by atoms with Gasteiger partial charge in [0.05, 0.1) is 11.5 Å². The van der Waals surface area contributed by atoms with Crippen LogP contribution >= 0.6 is 0 Å². The third-order valence-corrected chi connectivity index (χ3v) is 6.92. The van der Waals surface area contributed by atoms with Crippen molar-refractivity contribution in [2.45, 2.75) is 26.3 Å². The lowest BCUT2D eigenvalue weighted by Gasteiger charge is -2.26. The number of carbonyl (C=O) groups excluding carboxylic acids is 1. The summed E-state index contributed by atoms with van der Waals surface area (Å²) >= 11 is 0. The largest absolute Gasteiger partial charge is 0.388 e. The van der Waals surface area contributed by atoms with Crippen molar-refractivity contribution in [2.75, 3.05) is 37.0 Å². The summed E-state index contributed by atoms with van der Waals surface area (Å²) in [4.78, 5) is 17.1. The van der Waals surface area contributed by atoms with Crippen LogP contribution in [0.1, 0.15) is 41.5 Å². The van der Waals surface area contributed by atoms with Gasteiger partial charge in [0.1, 0.15) is 6.29 Å². The summed E-state index contributed by atoms with van der Waals surface area (Å²) in [5.74, 6) is 2.08. The molecular formula is C24H30N4O4S. The van der Waals surface area contributed by atoms with E-state index in [0.29, 0.717) is 31.1 Å². The van der Waals surface area contributed by atoms with Gasteiger partial charge in [0.15, 0.2) is 15.7 Å². The number of hydrogen-bond donors (Lipinski definition) is 1. The first-order chi connectivity index (χ1) is 15.8. The Kier molecular flexibility index (Phi) is 8.35. The number of benzene rings is 2. The molecule has 1 aliphatic heterocycles. The van der Waals surface area contributed by atoms with Gasteiger partial charge in [-0.05, 0) is 35.9 Å². The molecular weight excluding hydrogens is 440 g/mol. The van der Waals surface area contributed by atoms with Crippen molar-refractivity contribution in [3.05, 3.63) is 65.5 Å². The van der Waals surface area contributed by atoms with Crippen LogP contribution in [-0.2, 0) is 16.4 Å². The molecule has 176 valence electrons. The minimum atomic E-state index is -2.82. The molecule has 2 aromatic carbocycles. The number of nitrogens with one attached hydrogen (secondary N) is 1. The quantitative estimate of drug-likeness (QED) is 0.545. The van der Waals surface area contributed by atoms with Gasteiger partial charge in [0.25, 0.3) is 5.89 Å². The molecule has 8 nitrogen and oxygen atoms in total. The van der Waals surface area contributed by atoms with Gasteiger partial charge in [-0.25, -0.2) is 8.42 Å². The van der Waals surface area contributed by atoms with Crippen LogP contribution in [0.25, 0.3) is 11.5 Å². The Hall–Kier alpha value is -3.04. The van der Waals surface area contributed by atoms with E-state index >= 15 is 0 Å². The maximum Gasteiger partial charge on any atom is 0.257 e. The first-order valence-corrected chi connectivity index (χ1v) is 12.7. The number of aromatic nitrogens is 2. The van der Waals surface area contributed by atoms with E-state index in [-0.39, 0.29) is 17.4 Å². The normalized spacial score (nSPS) is 15.5. The lowest BCUT2D eigenvalue weighted by molar-refractivity contribution is 0.112. The maximum absolute atomic E-state index is 11.3. The van der Waals surface area contributed by atoms with E-state index in [1.807, 2.05) is 63.4 Å². The highest BCUT2D eigenvalue weighted by molar-refractivity contribution is 7.91. The number of nitrogens with zero attached hydrogens (tertiary/aromatic N) is 3. The predicted octanol–water partition coefficient (Wildman–Crippen LogP) is 3.63. The third kappa shape index (κ3) is 7.23. The van der Waals surface area contributed by atoms with Gasteiger partial charge in [0.2, 0.25) is 0 Å². The SMILES string of the molecule is CNc1ccc(-c2nc(C(C)C)no2)cc1.O=Cc1cccc(CN2CCS(=O)(=O)CC2)c1. The Morgan fingerprint density at radius 1 is 1.12 bits per heavy atom. The number of anilines is 1. The number of rotatable bonds is 6. The van der Waals surface area contributed by atoms with Crippen molar-refractivity contribution in [3.63, 3.8) is 0 Å². The fourth-order valence-electron chi connectivity index (χ4n) is 3.30. The van der Waals surface area contributed by atoms with Gasteiger partial charge in [-0.1, -0.05) is 37.2 Å². The van der Waals surface area contributed by atoms with E-state index in [4.69, 9.17) is 4.52 Å². The van der Waals surface area contributed by atoms with E-state index in [9.17, 15) is 13.2 Å². The van der Waals surface area contributed by atoms with Crippen LogP contribution in [0.4, 0.5) is 5.69 Å². The number of carbonyl (C=O) groups is 1. The van der Waals surface area contributed by atoms with Crippen molar-refractivity contribution in [1.29, 1.82) is 0 Å². The zero-order valence-electron chi connectivity index (χ0n) is 19.2. The minimum absolute atomic E-state index is 0.236. The number of sulfone groups is 1. The molecule has 1 aromatic heterocycles. The van der Waals surface area contributed by atoms with Gasteiger partial charge < -0.3 is 9.84 Å². The van der Waals surface area contributed by atoms with Gasteiger partial charge >= 0.3 is 0 Å². The summed E-state index contributed by atoms with van der Waals surface area (Å²) < 4.78 is 27.8. The molecule has 2 heterocycles. The standard InChI is InChI=1S/C12H15N3O.C12H15NO3S/c1-8(2)11-14-12(16-15-11)9-4-6-10(13-3)7-5-9;14-10-12-3-1-2-11(8-12)9-13-4-6-17(15,16)7-5-13/h4-8,13H,1-3H3;1-3,8,10H,4-7,9H2. The van der Waals surface area contributed by atoms with Crippen LogP contribution in [0, 0.1) is 0 Å². The zero-order chi connectivity index (χ0) is 23.8. The van der Waals surface area contributed by atoms with Gasteiger partial charge in [-0.3, -0.25) is 9.69 Å². The van der Waals surface area contributed by atoms with E-state index in [1.165, 1.54) is 0 Å². The van der Waals surface area contributed by atoms with Crippen molar-refractivity contribution in [3.8, 4) is 11.5 Å². The number of aldehydes is 1. The highest BCUT2D eigenvalue weighted by Gasteiger charge is 2.21. The summed E-state index contributed by atoms with van der Waals surface area (Å²) in [5.41, 5.74) is 3.71. The molecule has 1 aliphatic rings. The Morgan fingerprint density at radius 2 is 1.82 bits per heavy atom. The van der Waals surface area contributed by atoms with Crippen LogP contribution in [0.3, 0.4) is 0 Å². The molecule has 0 aliphatic carbocycles. The smallest absolute Gasteiger partial charge is 0.257 e. The Balaban J connectivity index is 0.000000186. The lowest BCUT2D eigenvalue weighted by Crippen LogP contribution is -2.39. The molecule has 0 spiro atoms. The van der Waals surface area contributed by atoms with Crippen molar-refractivity contribution < 1.29 is 17.7 Å². The van der Waals surface area contributed by atoms with Crippen LogP contribution in [-0.4, -0.2) is 61.4 Å². The zero-order valence-corrected chi connectivity index (χ0v) is 20.0. The molecule has 9 heteroatoms. The van der Waals surface area contributed by atoms with Crippen LogP contribution in [0.15, 0.2) is 53.1 Å². The van der Waals surface area contributed by atoms with Gasteiger partial charge in [-0.15, -0.1) is 0 Å². The number of hydrogen-bond acceptors (Lipinski definition) is 8. The summed E-state index contributed by atoms with van der Waals surface area (Å²) in [6.07, 6.45) is 0.824. The Morgan fingerprint density at radius 3 is 2.39 bits per heavy atom. The van der Waals surface area contributed by atoms with Crippen LogP contribution < -0.4 is 5.32 Å². The Labute approximate surface area is 194 Å². The fourth-order valence-corrected chi connectivity index (χ4v) is 4.57. The summed E-state index contributed by atoms with van der Waals surface area (Å²) in [5, 5.41) is 7.00. The maximum atomic E-state index is 11.3. The molecule has 0 radical (unpaired) electrons. The molecule has 0 bridgehead atoms. The van der Waals surface area contributed by atoms with E-state index in [1.54, 1.807) is 6.07 Å².